The number of thiazole rings is 1. The van der Waals surface area contributed by atoms with Crippen LogP contribution in [0.15, 0.2) is 66.7 Å². The van der Waals surface area contributed by atoms with E-state index in [9.17, 15) is 4.79 Å². The Kier molecular flexibility index (Phi) is 5.73. The van der Waals surface area contributed by atoms with Gasteiger partial charge in [0.2, 0.25) is 0 Å². The molecule has 3 aromatic carbocycles. The predicted molar refractivity (Wildman–Crippen MR) is 139 cm³/mol. The highest BCUT2D eigenvalue weighted by molar-refractivity contribution is 7.21. The summed E-state index contributed by atoms with van der Waals surface area (Å²) in [5, 5.41) is 5.24. The first-order chi connectivity index (χ1) is 16.0. The molecule has 0 atom stereocenters. The van der Waals surface area contributed by atoms with E-state index in [0.717, 1.165) is 63.3 Å². The maximum absolute atomic E-state index is 13.4. The first-order valence-corrected chi connectivity index (χ1v) is 12.2. The number of hydrogen-bond donors (Lipinski definition) is 1. The normalized spacial score (nSPS) is 11.4. The number of carbonyl (C=O) groups is 1. The Bertz CT molecular complexity index is 1460. The zero-order valence-corrected chi connectivity index (χ0v) is 20.0. The molecular weight excluding hydrogens is 426 g/mol. The van der Waals surface area contributed by atoms with Gasteiger partial charge >= 0.3 is 0 Å². The summed E-state index contributed by atoms with van der Waals surface area (Å²) in [6.07, 6.45) is 2.12. The van der Waals surface area contributed by atoms with Crippen LogP contribution in [0.3, 0.4) is 0 Å². The van der Waals surface area contributed by atoms with Gasteiger partial charge in [0, 0.05) is 28.7 Å². The van der Waals surface area contributed by atoms with E-state index in [1.165, 1.54) is 10.3 Å². The quantitative estimate of drug-likeness (QED) is 0.288. The number of benzene rings is 3. The zero-order valence-electron chi connectivity index (χ0n) is 19.2. The number of aryl methyl sites for hydroxylation is 3. The third kappa shape index (κ3) is 4.05. The molecule has 5 heteroatoms. The lowest BCUT2D eigenvalue weighted by Crippen LogP contribution is -2.18. The van der Waals surface area contributed by atoms with E-state index >= 15 is 0 Å². The summed E-state index contributed by atoms with van der Waals surface area (Å²) in [5.41, 5.74) is 6.99. The molecule has 0 saturated carbocycles. The summed E-state index contributed by atoms with van der Waals surface area (Å²) in [4.78, 5) is 18.1. The minimum Gasteiger partial charge on any atom is -0.336 e. The number of carbonyl (C=O) groups excluding carboxylic acids is 1. The van der Waals surface area contributed by atoms with Crippen LogP contribution in [-0.4, -0.2) is 15.5 Å². The molecule has 0 aliphatic rings. The Morgan fingerprint density at radius 2 is 1.82 bits per heavy atom. The monoisotopic (exact) mass is 453 g/mol. The van der Waals surface area contributed by atoms with Crippen LogP contribution < -0.4 is 5.32 Å². The average Bonchev–Trinajstić information content (AvgIpc) is 3.37. The minimum atomic E-state index is -0.0667. The fourth-order valence-electron chi connectivity index (χ4n) is 4.36. The summed E-state index contributed by atoms with van der Waals surface area (Å²) in [7, 11) is 0. The molecular formula is C28H27N3OS. The third-order valence-corrected chi connectivity index (χ3v) is 7.18. The van der Waals surface area contributed by atoms with E-state index in [0.29, 0.717) is 0 Å². The smallest absolute Gasteiger partial charge is 0.272 e. The molecule has 4 nitrogen and oxygen atoms in total. The molecule has 0 spiro atoms. The molecule has 166 valence electrons. The van der Waals surface area contributed by atoms with Crippen molar-refractivity contribution in [1.29, 1.82) is 0 Å². The summed E-state index contributed by atoms with van der Waals surface area (Å²) in [6.45, 7) is 7.15. The molecule has 0 aliphatic carbocycles. The van der Waals surface area contributed by atoms with Gasteiger partial charge in [0.15, 0.2) is 0 Å². The molecule has 0 fully saturated rings. The molecule has 0 unspecified atom stereocenters. The molecule has 0 bridgehead atoms. The van der Waals surface area contributed by atoms with Crippen molar-refractivity contribution in [3.05, 3.63) is 83.6 Å². The number of unbranched alkanes of at least 4 members (excludes halogenated alkanes) is 1. The van der Waals surface area contributed by atoms with E-state index in [2.05, 4.69) is 54.1 Å². The highest BCUT2D eigenvalue weighted by Crippen LogP contribution is 2.32. The molecule has 33 heavy (non-hydrogen) atoms. The van der Waals surface area contributed by atoms with Gasteiger partial charge in [-0.2, -0.15) is 0 Å². The van der Waals surface area contributed by atoms with Gasteiger partial charge in [-0.3, -0.25) is 4.79 Å². The van der Waals surface area contributed by atoms with E-state index in [1.807, 2.05) is 43.3 Å². The third-order valence-electron chi connectivity index (χ3n) is 6.11. The molecule has 2 aromatic heterocycles. The van der Waals surface area contributed by atoms with Gasteiger partial charge < -0.3 is 9.88 Å². The number of nitrogens with one attached hydrogen (secondary N) is 1. The summed E-state index contributed by atoms with van der Waals surface area (Å²) >= 11 is 1.69. The predicted octanol–water partition coefficient (Wildman–Crippen LogP) is 7.59. The highest BCUT2D eigenvalue weighted by atomic mass is 32.1. The van der Waals surface area contributed by atoms with E-state index in [4.69, 9.17) is 4.98 Å². The van der Waals surface area contributed by atoms with Crippen molar-refractivity contribution in [3.63, 3.8) is 0 Å². The Morgan fingerprint density at radius 1 is 1.03 bits per heavy atom. The van der Waals surface area contributed by atoms with Gasteiger partial charge in [0.1, 0.15) is 10.7 Å². The number of nitrogens with zero attached hydrogens (tertiary/aromatic N) is 2. The second-order valence-corrected chi connectivity index (χ2v) is 9.55. The van der Waals surface area contributed by atoms with Crippen LogP contribution in [0.5, 0.6) is 0 Å². The molecule has 1 N–H and O–H groups in total. The maximum atomic E-state index is 13.4. The van der Waals surface area contributed by atoms with Crippen LogP contribution in [0.25, 0.3) is 31.7 Å². The van der Waals surface area contributed by atoms with Crippen LogP contribution in [-0.2, 0) is 6.54 Å². The lowest BCUT2D eigenvalue weighted by Gasteiger charge is -2.12. The first-order valence-electron chi connectivity index (χ1n) is 11.4. The first kappa shape index (κ1) is 21.4. The van der Waals surface area contributed by atoms with Gasteiger partial charge in [0.05, 0.1) is 10.2 Å². The lowest BCUT2D eigenvalue weighted by atomic mass is 10.1. The van der Waals surface area contributed by atoms with Crippen molar-refractivity contribution in [2.45, 2.75) is 40.2 Å². The largest absolute Gasteiger partial charge is 0.336 e. The van der Waals surface area contributed by atoms with Gasteiger partial charge in [0.25, 0.3) is 5.91 Å². The fraction of sp³-hybridized carbons (Fsp3) is 0.214. The minimum absolute atomic E-state index is 0.0667. The number of amides is 1. The molecule has 0 radical (unpaired) electrons. The molecule has 5 aromatic rings. The standard InChI is InChI=1S/C28H27N3OS/c1-4-5-16-31-24-9-7-6-8-22(24)19(3)26(31)27(32)29-21-13-11-20(12-14-21)28-30-23-15-10-18(2)17-25(23)33-28/h6-15,17H,4-5,16H2,1-3H3,(H,29,32). The number of rotatable bonds is 6. The Labute approximate surface area is 197 Å². The maximum Gasteiger partial charge on any atom is 0.272 e. The summed E-state index contributed by atoms with van der Waals surface area (Å²) < 4.78 is 3.36. The summed E-state index contributed by atoms with van der Waals surface area (Å²) in [5.74, 6) is -0.0667. The lowest BCUT2D eigenvalue weighted by molar-refractivity contribution is 0.101. The Balaban J connectivity index is 1.42. The topological polar surface area (TPSA) is 46.9 Å². The van der Waals surface area contributed by atoms with Gasteiger partial charge in [-0.05, 0) is 73.9 Å². The van der Waals surface area contributed by atoms with E-state index < -0.39 is 0 Å². The number of fused-ring (bicyclic) bond motifs is 2. The number of aromatic nitrogens is 2. The second-order valence-electron chi connectivity index (χ2n) is 8.52. The van der Waals surface area contributed by atoms with Crippen molar-refractivity contribution >= 4 is 44.1 Å². The number of anilines is 1. The van der Waals surface area contributed by atoms with Crippen molar-refractivity contribution in [2.75, 3.05) is 5.32 Å². The van der Waals surface area contributed by atoms with Crippen LogP contribution >= 0.6 is 11.3 Å². The fourth-order valence-corrected chi connectivity index (χ4v) is 5.43. The van der Waals surface area contributed by atoms with Gasteiger partial charge in [-0.1, -0.05) is 37.6 Å². The Hall–Kier alpha value is -3.44. The van der Waals surface area contributed by atoms with Crippen LogP contribution in [0.2, 0.25) is 0 Å². The molecule has 0 aliphatic heterocycles. The van der Waals surface area contributed by atoms with E-state index in [1.54, 1.807) is 11.3 Å². The average molecular weight is 454 g/mol. The van der Waals surface area contributed by atoms with Crippen molar-refractivity contribution < 1.29 is 4.79 Å². The number of hydrogen-bond acceptors (Lipinski definition) is 3. The van der Waals surface area contributed by atoms with Gasteiger partial charge in [-0.25, -0.2) is 4.98 Å². The van der Waals surface area contributed by atoms with Gasteiger partial charge in [-0.15, -0.1) is 11.3 Å². The second kappa shape index (κ2) is 8.83. The van der Waals surface area contributed by atoms with Crippen molar-refractivity contribution in [1.82, 2.24) is 9.55 Å². The SMILES string of the molecule is CCCCn1c(C(=O)Nc2ccc(-c3nc4ccc(C)cc4s3)cc2)c(C)c2ccccc21. The van der Waals surface area contributed by atoms with Crippen molar-refractivity contribution in [3.8, 4) is 10.6 Å². The zero-order chi connectivity index (χ0) is 22.9. The summed E-state index contributed by atoms with van der Waals surface area (Å²) in [6, 6.07) is 22.6. The van der Waals surface area contributed by atoms with Crippen LogP contribution in [0.4, 0.5) is 5.69 Å². The molecule has 1 amide bonds. The molecule has 5 rings (SSSR count). The van der Waals surface area contributed by atoms with Crippen LogP contribution in [0.1, 0.15) is 41.4 Å². The highest BCUT2D eigenvalue weighted by Gasteiger charge is 2.20. The molecule has 0 saturated heterocycles. The number of para-hydroxylation sites is 1. The van der Waals surface area contributed by atoms with Crippen molar-refractivity contribution in [2.24, 2.45) is 0 Å². The Morgan fingerprint density at radius 3 is 2.61 bits per heavy atom. The van der Waals surface area contributed by atoms with E-state index in [-0.39, 0.29) is 5.91 Å². The molecule has 2 heterocycles. The van der Waals surface area contributed by atoms with Crippen LogP contribution in [0, 0.1) is 13.8 Å².